The lowest BCUT2D eigenvalue weighted by Crippen LogP contribution is -2.53. The van der Waals surface area contributed by atoms with Crippen molar-refractivity contribution in [3.05, 3.63) is 0 Å². The average molecular weight is 269 g/mol. The number of carbonyl (C=O) groups is 2. The number of hydrogen-bond acceptors (Lipinski definition) is 4. The minimum atomic E-state index is -0.319. The fraction of sp³-hybridized carbons (Fsp3) is 0.833. The number of amides is 2. The molecular formula is C12H19N3O2S. The summed E-state index contributed by atoms with van der Waals surface area (Å²) in [5, 5.41) is 6.23. The molecule has 0 saturated carbocycles. The van der Waals surface area contributed by atoms with E-state index in [0.717, 1.165) is 12.8 Å². The number of nitrogens with one attached hydrogen (secondary N) is 2. The lowest BCUT2D eigenvalue weighted by atomic mass is 9.98. The summed E-state index contributed by atoms with van der Waals surface area (Å²) >= 11 is 1.20. The van der Waals surface area contributed by atoms with Gasteiger partial charge in [-0.05, 0) is 25.7 Å². The third kappa shape index (κ3) is 2.23. The quantitative estimate of drug-likeness (QED) is 0.768. The Morgan fingerprint density at radius 2 is 2.00 bits per heavy atom. The van der Waals surface area contributed by atoms with Gasteiger partial charge < -0.3 is 15.5 Å². The molecule has 2 amide bonds. The zero-order valence-corrected chi connectivity index (χ0v) is 11.3. The monoisotopic (exact) mass is 269 g/mol. The van der Waals surface area contributed by atoms with E-state index in [1.165, 1.54) is 24.6 Å². The third-order valence-electron chi connectivity index (χ3n) is 4.31. The van der Waals surface area contributed by atoms with Gasteiger partial charge in [-0.2, -0.15) is 0 Å². The molecule has 18 heavy (non-hydrogen) atoms. The van der Waals surface area contributed by atoms with Gasteiger partial charge in [0.15, 0.2) is 0 Å². The highest BCUT2D eigenvalue weighted by molar-refractivity contribution is 8.14. The number of piperidine rings is 1. The smallest absolute Gasteiger partial charge is 0.279 e. The molecule has 0 aromatic heterocycles. The molecule has 0 aromatic carbocycles. The highest BCUT2D eigenvalue weighted by Crippen LogP contribution is 2.29. The van der Waals surface area contributed by atoms with E-state index in [2.05, 4.69) is 10.6 Å². The predicted octanol–water partition coefficient (Wildman–Crippen LogP) is 0.553. The lowest BCUT2D eigenvalue weighted by molar-refractivity contribution is -0.134. The molecular weight excluding hydrogens is 250 g/mol. The molecule has 5 nitrogen and oxygen atoms in total. The molecule has 0 aliphatic carbocycles. The Bertz CT molecular complexity index is 364. The van der Waals surface area contributed by atoms with Crippen LogP contribution < -0.4 is 10.6 Å². The summed E-state index contributed by atoms with van der Waals surface area (Å²) in [7, 11) is 1.88. The first kappa shape index (κ1) is 12.3. The first-order chi connectivity index (χ1) is 8.63. The predicted molar refractivity (Wildman–Crippen MR) is 70.5 cm³/mol. The maximum absolute atomic E-state index is 12.3. The summed E-state index contributed by atoms with van der Waals surface area (Å²) < 4.78 is 0. The van der Waals surface area contributed by atoms with Gasteiger partial charge in [0.25, 0.3) is 5.24 Å². The molecule has 3 saturated heterocycles. The summed E-state index contributed by atoms with van der Waals surface area (Å²) in [6, 6.07) is 1.17. The molecule has 0 aromatic rings. The summed E-state index contributed by atoms with van der Waals surface area (Å²) in [6.45, 7) is 0. The second-order valence-electron chi connectivity index (χ2n) is 5.51. The fourth-order valence-corrected chi connectivity index (χ4v) is 4.06. The largest absolute Gasteiger partial charge is 0.341 e. The van der Waals surface area contributed by atoms with Crippen LogP contribution in [0.2, 0.25) is 0 Å². The van der Waals surface area contributed by atoms with Gasteiger partial charge in [0.2, 0.25) is 5.91 Å². The number of fused-ring (bicyclic) bond motifs is 2. The second kappa shape index (κ2) is 4.74. The van der Waals surface area contributed by atoms with Crippen molar-refractivity contribution in [2.75, 3.05) is 12.8 Å². The van der Waals surface area contributed by atoms with Crippen LogP contribution in [0, 0.1) is 0 Å². The van der Waals surface area contributed by atoms with Crippen LogP contribution in [0.4, 0.5) is 4.79 Å². The second-order valence-corrected chi connectivity index (χ2v) is 6.50. The molecule has 6 heteroatoms. The van der Waals surface area contributed by atoms with Crippen LogP contribution in [0.15, 0.2) is 0 Å². The first-order valence-corrected chi connectivity index (χ1v) is 7.58. The van der Waals surface area contributed by atoms with E-state index in [1.807, 2.05) is 11.9 Å². The van der Waals surface area contributed by atoms with E-state index in [-0.39, 0.29) is 17.2 Å². The fourth-order valence-electron chi connectivity index (χ4n) is 3.29. The maximum atomic E-state index is 12.3. The molecule has 2 bridgehead atoms. The Balaban J connectivity index is 1.62. The Morgan fingerprint density at radius 3 is 2.56 bits per heavy atom. The molecule has 0 spiro atoms. The number of rotatable bonds is 2. The summed E-state index contributed by atoms with van der Waals surface area (Å²) in [4.78, 5) is 25.3. The zero-order chi connectivity index (χ0) is 12.7. The van der Waals surface area contributed by atoms with Gasteiger partial charge >= 0.3 is 0 Å². The lowest BCUT2D eigenvalue weighted by Gasteiger charge is -2.36. The van der Waals surface area contributed by atoms with E-state index in [4.69, 9.17) is 0 Å². The van der Waals surface area contributed by atoms with Crippen LogP contribution >= 0.6 is 11.8 Å². The molecule has 3 heterocycles. The van der Waals surface area contributed by atoms with E-state index in [1.54, 1.807) is 0 Å². The van der Waals surface area contributed by atoms with Crippen molar-refractivity contribution in [2.24, 2.45) is 0 Å². The van der Waals surface area contributed by atoms with Gasteiger partial charge in [-0.3, -0.25) is 9.59 Å². The Labute approximate surface area is 111 Å². The van der Waals surface area contributed by atoms with Crippen LogP contribution in [-0.2, 0) is 4.79 Å². The van der Waals surface area contributed by atoms with E-state index in [9.17, 15) is 9.59 Å². The summed E-state index contributed by atoms with van der Waals surface area (Å²) in [5.41, 5.74) is 0. The van der Waals surface area contributed by atoms with Crippen molar-refractivity contribution in [3.8, 4) is 0 Å². The normalized spacial score (nSPS) is 38.6. The molecule has 3 aliphatic heterocycles. The number of hydrogen-bond donors (Lipinski definition) is 2. The molecule has 0 radical (unpaired) electrons. The summed E-state index contributed by atoms with van der Waals surface area (Å²) in [5.74, 6) is 0.638. The van der Waals surface area contributed by atoms with E-state index in [0.29, 0.717) is 23.9 Å². The molecule has 2 N–H and O–H groups in total. The van der Waals surface area contributed by atoms with Gasteiger partial charge in [0, 0.05) is 30.9 Å². The van der Waals surface area contributed by atoms with Crippen molar-refractivity contribution < 1.29 is 9.59 Å². The standard InChI is InChI=1S/C12H19N3O2S/c1-15(11(16)10-6-18-12(17)14-10)9-4-7-2-3-8(5-9)13-7/h7-10,13H,2-6H2,1H3,(H,14,17). The number of nitrogens with zero attached hydrogens (tertiary/aromatic N) is 1. The van der Waals surface area contributed by atoms with Crippen LogP contribution in [0.5, 0.6) is 0 Å². The average Bonchev–Trinajstić information content (AvgIpc) is 2.94. The molecule has 3 fully saturated rings. The molecule has 3 unspecified atom stereocenters. The van der Waals surface area contributed by atoms with Crippen molar-refractivity contribution in [1.82, 2.24) is 15.5 Å². The van der Waals surface area contributed by atoms with Gasteiger partial charge in [-0.15, -0.1) is 0 Å². The Morgan fingerprint density at radius 1 is 1.33 bits per heavy atom. The van der Waals surface area contributed by atoms with Crippen LogP contribution in [-0.4, -0.2) is 53.0 Å². The van der Waals surface area contributed by atoms with E-state index >= 15 is 0 Å². The topological polar surface area (TPSA) is 61.4 Å². The third-order valence-corrected chi connectivity index (χ3v) is 5.19. The van der Waals surface area contributed by atoms with Crippen molar-refractivity contribution in [2.45, 2.75) is 49.9 Å². The van der Waals surface area contributed by atoms with Gasteiger partial charge in [-0.25, -0.2) is 0 Å². The number of thioether (sulfide) groups is 1. The highest BCUT2D eigenvalue weighted by atomic mass is 32.2. The molecule has 3 atom stereocenters. The Kier molecular flexibility index (Phi) is 3.23. The minimum Gasteiger partial charge on any atom is -0.341 e. The minimum absolute atomic E-state index is 0.0691. The zero-order valence-electron chi connectivity index (χ0n) is 10.5. The van der Waals surface area contributed by atoms with Crippen LogP contribution in [0.25, 0.3) is 0 Å². The molecule has 100 valence electrons. The van der Waals surface area contributed by atoms with Gasteiger partial charge in [0.05, 0.1) is 0 Å². The van der Waals surface area contributed by atoms with Crippen molar-refractivity contribution in [1.29, 1.82) is 0 Å². The molecule has 3 rings (SSSR count). The number of carbonyl (C=O) groups excluding carboxylic acids is 2. The Hall–Kier alpha value is -0.750. The number of likely N-dealkylation sites (N-methyl/N-ethyl adjacent to an activating group) is 1. The highest BCUT2D eigenvalue weighted by Gasteiger charge is 2.39. The van der Waals surface area contributed by atoms with E-state index < -0.39 is 0 Å². The van der Waals surface area contributed by atoms with Crippen molar-refractivity contribution >= 4 is 22.9 Å². The van der Waals surface area contributed by atoms with Crippen LogP contribution in [0.1, 0.15) is 25.7 Å². The van der Waals surface area contributed by atoms with Crippen molar-refractivity contribution in [3.63, 3.8) is 0 Å². The van der Waals surface area contributed by atoms with Gasteiger partial charge in [-0.1, -0.05) is 11.8 Å². The first-order valence-electron chi connectivity index (χ1n) is 6.59. The maximum Gasteiger partial charge on any atom is 0.279 e. The molecule has 3 aliphatic rings. The SMILES string of the molecule is CN(C(=O)C1CSC(=O)N1)C1CC2CCC(C1)N2. The summed E-state index contributed by atoms with van der Waals surface area (Å²) in [6.07, 6.45) is 4.57. The van der Waals surface area contributed by atoms with Gasteiger partial charge in [0.1, 0.15) is 6.04 Å². The van der Waals surface area contributed by atoms with Crippen LogP contribution in [0.3, 0.4) is 0 Å².